The Morgan fingerprint density at radius 3 is 2.66 bits per heavy atom. The number of hydrogen-bond donors (Lipinski definition) is 2. The van der Waals surface area contributed by atoms with E-state index in [4.69, 9.17) is 5.73 Å². The van der Waals surface area contributed by atoms with Gasteiger partial charge in [-0.05, 0) is 25.3 Å². The van der Waals surface area contributed by atoms with E-state index in [0.29, 0.717) is 17.5 Å². The summed E-state index contributed by atoms with van der Waals surface area (Å²) >= 11 is 0. The van der Waals surface area contributed by atoms with Crippen LogP contribution in [0.4, 0.5) is 16.0 Å². The van der Waals surface area contributed by atoms with E-state index < -0.39 is 22.2 Å². The second-order valence-electron chi connectivity index (χ2n) is 7.86. The smallest absolute Gasteiger partial charge is 0.275 e. The number of aromatic nitrogens is 3. The standard InChI is InChI=1S/C18H25FN6O3S/c1-29(27,28)24-7-6-15(13(19)10-24)22-18-21-9-11-8-14(20)17(26)25(16(11)23-18)12-4-2-3-5-12/h8-9,12-13,15H,2-7,10,20H2,1H3,(H,21,22,23)/t13-,15?/m1/s1. The van der Waals surface area contributed by atoms with E-state index in [9.17, 15) is 17.6 Å². The van der Waals surface area contributed by atoms with E-state index in [1.807, 2.05) is 0 Å². The minimum Gasteiger partial charge on any atom is -0.394 e. The van der Waals surface area contributed by atoms with Gasteiger partial charge in [-0.1, -0.05) is 12.8 Å². The van der Waals surface area contributed by atoms with E-state index in [1.165, 1.54) is 0 Å². The predicted molar refractivity (Wildman–Crippen MR) is 109 cm³/mol. The maximum atomic E-state index is 14.6. The fourth-order valence-corrected chi connectivity index (χ4v) is 5.07. The van der Waals surface area contributed by atoms with Crippen molar-refractivity contribution in [1.29, 1.82) is 0 Å². The summed E-state index contributed by atoms with van der Waals surface area (Å²) in [5, 5.41) is 3.64. The van der Waals surface area contributed by atoms with Crippen LogP contribution in [0.15, 0.2) is 17.1 Å². The van der Waals surface area contributed by atoms with Crippen molar-refractivity contribution in [2.24, 2.45) is 0 Å². The van der Waals surface area contributed by atoms with Crippen molar-refractivity contribution in [3.63, 3.8) is 0 Å². The first kappa shape index (κ1) is 20.0. The van der Waals surface area contributed by atoms with E-state index >= 15 is 0 Å². The molecule has 1 saturated carbocycles. The molecule has 29 heavy (non-hydrogen) atoms. The Kier molecular flexibility index (Phi) is 5.19. The number of anilines is 2. The van der Waals surface area contributed by atoms with E-state index in [-0.39, 0.29) is 36.3 Å². The van der Waals surface area contributed by atoms with Crippen molar-refractivity contribution in [2.75, 3.05) is 30.4 Å². The number of nitrogens with one attached hydrogen (secondary N) is 1. The zero-order valence-corrected chi connectivity index (χ0v) is 17.0. The summed E-state index contributed by atoms with van der Waals surface area (Å²) in [5.74, 6) is 0.217. The lowest BCUT2D eigenvalue weighted by molar-refractivity contribution is 0.186. The number of halogens is 1. The Labute approximate surface area is 168 Å². The molecule has 3 heterocycles. The lowest BCUT2D eigenvalue weighted by Crippen LogP contribution is -2.49. The summed E-state index contributed by atoms with van der Waals surface area (Å²) in [4.78, 5) is 21.4. The molecule has 2 aromatic heterocycles. The topological polar surface area (TPSA) is 123 Å². The van der Waals surface area contributed by atoms with Crippen LogP contribution < -0.4 is 16.6 Å². The van der Waals surface area contributed by atoms with Gasteiger partial charge in [-0.25, -0.2) is 17.8 Å². The summed E-state index contributed by atoms with van der Waals surface area (Å²) < 4.78 is 40.6. The largest absolute Gasteiger partial charge is 0.394 e. The summed E-state index contributed by atoms with van der Waals surface area (Å²) in [6, 6.07) is 1.00. The van der Waals surface area contributed by atoms with Gasteiger partial charge in [-0.15, -0.1) is 0 Å². The monoisotopic (exact) mass is 424 g/mol. The van der Waals surface area contributed by atoms with Gasteiger partial charge < -0.3 is 11.1 Å². The molecule has 0 aromatic carbocycles. The van der Waals surface area contributed by atoms with E-state index in [0.717, 1.165) is 36.2 Å². The zero-order chi connectivity index (χ0) is 20.8. The molecular weight excluding hydrogens is 399 g/mol. The van der Waals surface area contributed by atoms with Gasteiger partial charge in [0, 0.05) is 30.7 Å². The number of nitrogens with two attached hydrogens (primary N) is 1. The highest BCUT2D eigenvalue weighted by Gasteiger charge is 2.33. The normalized spacial score (nSPS) is 24.2. The molecule has 2 fully saturated rings. The second kappa shape index (κ2) is 7.52. The van der Waals surface area contributed by atoms with Crippen molar-refractivity contribution >= 4 is 32.7 Å². The molecule has 2 atom stereocenters. The van der Waals surface area contributed by atoms with Crippen LogP contribution in [-0.4, -0.2) is 58.8 Å². The van der Waals surface area contributed by atoms with Crippen molar-refractivity contribution in [2.45, 2.75) is 50.4 Å². The van der Waals surface area contributed by atoms with Crippen molar-refractivity contribution in [1.82, 2.24) is 18.8 Å². The number of pyridine rings is 1. The van der Waals surface area contributed by atoms with Crippen molar-refractivity contribution < 1.29 is 12.8 Å². The number of nitrogens with zero attached hydrogens (tertiary/aromatic N) is 4. The van der Waals surface area contributed by atoms with E-state index in [1.54, 1.807) is 16.8 Å². The van der Waals surface area contributed by atoms with Crippen LogP contribution in [0.1, 0.15) is 38.1 Å². The predicted octanol–water partition coefficient (Wildman–Crippen LogP) is 1.27. The molecule has 0 radical (unpaired) electrons. The maximum Gasteiger partial charge on any atom is 0.275 e. The fraction of sp³-hybridized carbons (Fsp3) is 0.611. The third kappa shape index (κ3) is 3.93. The molecular formula is C18H25FN6O3S. The lowest BCUT2D eigenvalue weighted by atomic mass is 10.1. The van der Waals surface area contributed by atoms with Gasteiger partial charge >= 0.3 is 0 Å². The summed E-state index contributed by atoms with van der Waals surface area (Å²) in [5.41, 5.74) is 6.28. The highest BCUT2D eigenvalue weighted by atomic mass is 32.2. The molecule has 2 aromatic rings. The lowest BCUT2D eigenvalue weighted by Gasteiger charge is -2.33. The van der Waals surface area contributed by atoms with Gasteiger partial charge in [0.1, 0.15) is 11.8 Å². The second-order valence-corrected chi connectivity index (χ2v) is 9.84. The molecule has 0 spiro atoms. The molecule has 9 nitrogen and oxygen atoms in total. The highest BCUT2D eigenvalue weighted by molar-refractivity contribution is 7.88. The Bertz CT molecular complexity index is 1080. The first-order valence-corrected chi connectivity index (χ1v) is 11.6. The molecule has 1 aliphatic carbocycles. The van der Waals surface area contributed by atoms with Crippen LogP contribution in [0.2, 0.25) is 0 Å². The summed E-state index contributed by atoms with van der Waals surface area (Å²) in [6.07, 6.45) is 5.44. The van der Waals surface area contributed by atoms with Gasteiger partial charge in [0.05, 0.1) is 18.0 Å². The van der Waals surface area contributed by atoms with Gasteiger partial charge in [-0.2, -0.15) is 9.29 Å². The number of piperidine rings is 1. The van der Waals surface area contributed by atoms with Crippen molar-refractivity contribution in [3.05, 3.63) is 22.6 Å². The van der Waals surface area contributed by atoms with Crippen molar-refractivity contribution in [3.8, 4) is 0 Å². The average molecular weight is 425 g/mol. The number of alkyl halides is 1. The number of hydrogen-bond acceptors (Lipinski definition) is 7. The Morgan fingerprint density at radius 2 is 2.00 bits per heavy atom. The Balaban J connectivity index is 1.63. The SMILES string of the molecule is CS(=O)(=O)N1CCC(Nc2ncc3cc(N)c(=O)n(C4CCCC4)c3n2)[C@H](F)C1. The zero-order valence-electron chi connectivity index (χ0n) is 16.2. The van der Waals surface area contributed by atoms with E-state index in [2.05, 4.69) is 15.3 Å². The van der Waals surface area contributed by atoms with Crippen LogP contribution in [0.25, 0.3) is 11.0 Å². The first-order valence-electron chi connectivity index (χ1n) is 9.77. The number of nitrogen functional groups attached to an aromatic ring is 1. The van der Waals surface area contributed by atoms with Crippen LogP contribution >= 0.6 is 0 Å². The number of rotatable bonds is 4. The Hall–Kier alpha value is -2.27. The Morgan fingerprint density at radius 1 is 1.28 bits per heavy atom. The van der Waals surface area contributed by atoms with Crippen LogP contribution in [0.3, 0.4) is 0 Å². The highest BCUT2D eigenvalue weighted by Crippen LogP contribution is 2.31. The van der Waals surface area contributed by atoms with Gasteiger partial charge in [0.15, 0.2) is 0 Å². The summed E-state index contributed by atoms with van der Waals surface area (Å²) in [6.45, 7) is 0.0290. The van der Waals surface area contributed by atoms with Crippen LogP contribution in [0, 0.1) is 0 Å². The molecule has 0 bridgehead atoms. The fourth-order valence-electron chi connectivity index (χ4n) is 4.22. The number of fused-ring (bicyclic) bond motifs is 1. The molecule has 1 unspecified atom stereocenters. The molecule has 3 N–H and O–H groups in total. The number of sulfonamides is 1. The first-order chi connectivity index (χ1) is 13.7. The van der Waals surface area contributed by atoms with Crippen LogP contribution in [0.5, 0.6) is 0 Å². The quantitative estimate of drug-likeness (QED) is 0.758. The van der Waals surface area contributed by atoms with Gasteiger partial charge in [0.25, 0.3) is 5.56 Å². The minimum absolute atomic E-state index is 0.0446. The molecule has 158 valence electrons. The molecule has 2 aliphatic rings. The van der Waals surface area contributed by atoms with Gasteiger partial charge in [-0.3, -0.25) is 9.36 Å². The molecule has 0 amide bonds. The third-order valence-electron chi connectivity index (χ3n) is 5.78. The molecule has 11 heteroatoms. The average Bonchev–Trinajstić information content (AvgIpc) is 3.18. The van der Waals surface area contributed by atoms with Crippen LogP contribution in [-0.2, 0) is 10.0 Å². The van der Waals surface area contributed by atoms with Gasteiger partial charge in [0.2, 0.25) is 16.0 Å². The molecule has 1 aliphatic heterocycles. The third-order valence-corrected chi connectivity index (χ3v) is 7.05. The molecule has 4 rings (SSSR count). The molecule has 1 saturated heterocycles. The maximum absolute atomic E-state index is 14.6. The summed E-state index contributed by atoms with van der Waals surface area (Å²) in [7, 11) is -3.42. The minimum atomic E-state index is -3.42.